The Morgan fingerprint density at radius 3 is 2.90 bits per heavy atom. The van der Waals surface area contributed by atoms with Crippen molar-refractivity contribution in [3.05, 3.63) is 57.0 Å². The van der Waals surface area contributed by atoms with Gasteiger partial charge in [0, 0.05) is 36.0 Å². The lowest BCUT2D eigenvalue weighted by Gasteiger charge is -2.13. The van der Waals surface area contributed by atoms with Gasteiger partial charge in [0.2, 0.25) is 0 Å². The van der Waals surface area contributed by atoms with Gasteiger partial charge in [-0.05, 0) is 57.7 Å². The fourth-order valence-electron chi connectivity index (χ4n) is 2.54. The van der Waals surface area contributed by atoms with Gasteiger partial charge in [0.15, 0.2) is 0 Å². The van der Waals surface area contributed by atoms with E-state index in [2.05, 4.69) is 51.4 Å². The zero-order valence-electron chi connectivity index (χ0n) is 11.3. The molecule has 0 unspecified atom stereocenters. The Morgan fingerprint density at radius 2 is 2.10 bits per heavy atom. The van der Waals surface area contributed by atoms with Crippen LogP contribution in [0.15, 0.2) is 40.9 Å². The molecule has 0 aromatic heterocycles. The molecule has 1 aliphatic rings. The van der Waals surface area contributed by atoms with Crippen LogP contribution in [0.25, 0.3) is 0 Å². The maximum absolute atomic E-state index is 6.00. The second-order valence-corrected chi connectivity index (χ2v) is 6.38. The van der Waals surface area contributed by atoms with Crippen LogP contribution in [0, 0.1) is 0 Å². The first kappa shape index (κ1) is 13.8. The van der Waals surface area contributed by atoms with E-state index in [1.807, 2.05) is 18.2 Å². The van der Waals surface area contributed by atoms with E-state index in [1.165, 1.54) is 16.8 Å². The minimum atomic E-state index is 0.733. The molecule has 0 saturated heterocycles. The van der Waals surface area contributed by atoms with Crippen LogP contribution in [0.3, 0.4) is 0 Å². The topological polar surface area (TPSA) is 15.3 Å². The van der Waals surface area contributed by atoms with Crippen LogP contribution in [0.2, 0.25) is 5.02 Å². The molecule has 2 aromatic rings. The molecule has 2 nitrogen and oxygen atoms in total. The summed E-state index contributed by atoms with van der Waals surface area (Å²) in [4.78, 5) is 2.31. The SMILES string of the molecule is CN1CCc2cc(CNc3ccc(Cl)c(Br)c3)ccc21. The van der Waals surface area contributed by atoms with Crippen molar-refractivity contribution in [1.82, 2.24) is 0 Å². The first-order valence-corrected chi connectivity index (χ1v) is 7.82. The molecule has 0 radical (unpaired) electrons. The molecule has 4 heteroatoms. The van der Waals surface area contributed by atoms with E-state index < -0.39 is 0 Å². The molecule has 0 bridgehead atoms. The molecule has 0 spiro atoms. The van der Waals surface area contributed by atoms with Crippen LogP contribution in [-0.4, -0.2) is 13.6 Å². The summed E-state index contributed by atoms with van der Waals surface area (Å²) in [6.45, 7) is 1.95. The van der Waals surface area contributed by atoms with E-state index in [0.717, 1.165) is 34.7 Å². The Morgan fingerprint density at radius 1 is 1.25 bits per heavy atom. The highest BCUT2D eigenvalue weighted by Crippen LogP contribution is 2.28. The highest BCUT2D eigenvalue weighted by molar-refractivity contribution is 9.10. The molecule has 0 saturated carbocycles. The first-order chi connectivity index (χ1) is 9.63. The van der Waals surface area contributed by atoms with Crippen molar-refractivity contribution in [2.45, 2.75) is 13.0 Å². The fraction of sp³-hybridized carbons (Fsp3) is 0.250. The summed E-state index contributed by atoms with van der Waals surface area (Å²) in [5.74, 6) is 0. The predicted octanol–water partition coefficient (Wildman–Crippen LogP) is 4.71. The lowest BCUT2D eigenvalue weighted by molar-refractivity contribution is 0.955. The molecule has 0 amide bonds. The number of likely N-dealkylation sites (N-methyl/N-ethyl adjacent to an activating group) is 1. The van der Waals surface area contributed by atoms with E-state index in [9.17, 15) is 0 Å². The van der Waals surface area contributed by atoms with E-state index in [4.69, 9.17) is 11.6 Å². The fourth-order valence-corrected chi connectivity index (χ4v) is 3.04. The van der Waals surface area contributed by atoms with Gasteiger partial charge in [-0.2, -0.15) is 0 Å². The lowest BCUT2D eigenvalue weighted by atomic mass is 10.1. The largest absolute Gasteiger partial charge is 0.381 e. The van der Waals surface area contributed by atoms with Gasteiger partial charge in [-0.1, -0.05) is 23.7 Å². The molecule has 1 aliphatic heterocycles. The molecule has 1 N–H and O–H groups in total. The Bertz CT molecular complexity index is 642. The number of anilines is 2. The quantitative estimate of drug-likeness (QED) is 0.861. The summed E-state index contributed by atoms with van der Waals surface area (Å²) in [6.07, 6.45) is 1.15. The van der Waals surface area contributed by atoms with E-state index >= 15 is 0 Å². The molecular weight excluding hydrogens is 336 g/mol. The van der Waals surface area contributed by atoms with Gasteiger partial charge in [0.05, 0.1) is 5.02 Å². The summed E-state index contributed by atoms with van der Waals surface area (Å²) >= 11 is 9.44. The minimum absolute atomic E-state index is 0.733. The number of nitrogens with zero attached hydrogens (tertiary/aromatic N) is 1. The van der Waals surface area contributed by atoms with Crippen LogP contribution in [0.4, 0.5) is 11.4 Å². The average Bonchev–Trinajstić information content (AvgIpc) is 2.81. The van der Waals surface area contributed by atoms with Crippen LogP contribution in [0.1, 0.15) is 11.1 Å². The zero-order chi connectivity index (χ0) is 14.1. The number of halogens is 2. The third-order valence-electron chi connectivity index (χ3n) is 3.69. The summed E-state index contributed by atoms with van der Waals surface area (Å²) in [6, 6.07) is 12.6. The molecule has 20 heavy (non-hydrogen) atoms. The van der Waals surface area contributed by atoms with Crippen molar-refractivity contribution in [3.8, 4) is 0 Å². The first-order valence-electron chi connectivity index (χ1n) is 6.65. The summed E-state index contributed by atoms with van der Waals surface area (Å²) in [7, 11) is 2.15. The average molecular weight is 352 g/mol. The summed E-state index contributed by atoms with van der Waals surface area (Å²) < 4.78 is 0.916. The van der Waals surface area contributed by atoms with Gasteiger partial charge in [0.25, 0.3) is 0 Å². The summed E-state index contributed by atoms with van der Waals surface area (Å²) in [5, 5.41) is 4.16. The number of hydrogen-bond donors (Lipinski definition) is 1. The van der Waals surface area contributed by atoms with Gasteiger partial charge >= 0.3 is 0 Å². The normalized spacial score (nSPS) is 13.4. The van der Waals surface area contributed by atoms with E-state index in [1.54, 1.807) is 0 Å². The van der Waals surface area contributed by atoms with Crippen LogP contribution < -0.4 is 10.2 Å². The van der Waals surface area contributed by atoms with Crippen molar-refractivity contribution in [3.63, 3.8) is 0 Å². The van der Waals surface area contributed by atoms with Gasteiger partial charge < -0.3 is 10.2 Å². The van der Waals surface area contributed by atoms with E-state index in [0.29, 0.717) is 0 Å². The van der Waals surface area contributed by atoms with Gasteiger partial charge in [-0.15, -0.1) is 0 Å². The molecule has 2 aromatic carbocycles. The van der Waals surface area contributed by atoms with Crippen molar-refractivity contribution in [1.29, 1.82) is 0 Å². The number of benzene rings is 2. The molecule has 0 fully saturated rings. The number of nitrogens with one attached hydrogen (secondary N) is 1. The number of fused-ring (bicyclic) bond motifs is 1. The lowest BCUT2D eigenvalue weighted by Crippen LogP contribution is -2.12. The van der Waals surface area contributed by atoms with Crippen LogP contribution >= 0.6 is 27.5 Å². The Balaban J connectivity index is 1.71. The Kier molecular flexibility index (Phi) is 3.90. The smallest absolute Gasteiger partial charge is 0.0549 e. The van der Waals surface area contributed by atoms with Gasteiger partial charge in [-0.3, -0.25) is 0 Å². The van der Waals surface area contributed by atoms with Crippen LogP contribution in [-0.2, 0) is 13.0 Å². The molecule has 104 valence electrons. The minimum Gasteiger partial charge on any atom is -0.381 e. The maximum atomic E-state index is 6.00. The van der Waals surface area contributed by atoms with Crippen molar-refractivity contribution in [2.75, 3.05) is 23.8 Å². The third-order valence-corrected chi connectivity index (χ3v) is 4.90. The van der Waals surface area contributed by atoms with E-state index in [-0.39, 0.29) is 0 Å². The molecular formula is C16H16BrClN2. The Labute approximate surface area is 132 Å². The molecule has 0 atom stereocenters. The second kappa shape index (κ2) is 5.66. The highest BCUT2D eigenvalue weighted by atomic mass is 79.9. The molecule has 1 heterocycles. The van der Waals surface area contributed by atoms with Crippen molar-refractivity contribution in [2.24, 2.45) is 0 Å². The predicted molar refractivity (Wildman–Crippen MR) is 89.9 cm³/mol. The number of rotatable bonds is 3. The van der Waals surface area contributed by atoms with Crippen molar-refractivity contribution < 1.29 is 0 Å². The van der Waals surface area contributed by atoms with Gasteiger partial charge in [-0.25, -0.2) is 0 Å². The maximum Gasteiger partial charge on any atom is 0.0549 e. The standard InChI is InChI=1S/C16H16BrClN2/c1-20-7-6-12-8-11(2-5-16(12)20)10-19-13-3-4-15(18)14(17)9-13/h2-5,8-9,19H,6-7,10H2,1H3. The molecule has 0 aliphatic carbocycles. The van der Waals surface area contributed by atoms with Gasteiger partial charge in [0.1, 0.15) is 0 Å². The van der Waals surface area contributed by atoms with Crippen LogP contribution in [0.5, 0.6) is 0 Å². The summed E-state index contributed by atoms with van der Waals surface area (Å²) in [5.41, 5.74) is 5.19. The monoisotopic (exact) mass is 350 g/mol. The second-order valence-electron chi connectivity index (χ2n) is 5.12. The molecule has 3 rings (SSSR count). The highest BCUT2D eigenvalue weighted by Gasteiger charge is 2.15. The van der Waals surface area contributed by atoms with Crippen molar-refractivity contribution >= 4 is 38.9 Å². The third kappa shape index (κ3) is 2.79. The Hall–Kier alpha value is -1.19. The number of hydrogen-bond acceptors (Lipinski definition) is 2. The zero-order valence-corrected chi connectivity index (χ0v) is 13.6.